The van der Waals surface area contributed by atoms with E-state index in [1.807, 2.05) is 6.92 Å². The lowest BCUT2D eigenvalue weighted by atomic mass is 9.92. The first-order chi connectivity index (χ1) is 3.13. The Balaban J connectivity index is 2.43. The molecule has 0 aromatic heterocycles. The normalized spacial score (nSPS) is 51.0. The Kier molecular flexibility index (Phi) is 0.854. The van der Waals surface area contributed by atoms with Gasteiger partial charge >= 0.3 is 0 Å². The van der Waals surface area contributed by atoms with Crippen LogP contribution >= 0.6 is 0 Å². The third-order valence-electron chi connectivity index (χ3n) is 1.66. The van der Waals surface area contributed by atoms with E-state index in [9.17, 15) is 4.39 Å². The lowest BCUT2D eigenvalue weighted by Crippen LogP contribution is -2.61. The summed E-state index contributed by atoms with van der Waals surface area (Å²) in [5.74, 6) is 0. The smallest absolute Gasteiger partial charge is 0.135 e. The van der Waals surface area contributed by atoms with Crippen molar-refractivity contribution in [2.24, 2.45) is 0 Å². The maximum atomic E-state index is 12.5. The molecule has 0 amide bonds. The largest absolute Gasteiger partial charge is 0.308 e. The molecule has 1 aliphatic heterocycles. The van der Waals surface area contributed by atoms with Gasteiger partial charge in [0.05, 0.1) is 0 Å². The second-order valence-corrected chi connectivity index (χ2v) is 2.38. The molecule has 1 nitrogen and oxygen atoms in total. The van der Waals surface area contributed by atoms with Gasteiger partial charge < -0.3 is 5.32 Å². The van der Waals surface area contributed by atoms with E-state index < -0.39 is 5.67 Å². The molecule has 7 heavy (non-hydrogen) atoms. The lowest BCUT2D eigenvalue weighted by molar-refractivity contribution is 0.0569. The predicted molar refractivity (Wildman–Crippen MR) is 27.0 cm³/mol. The highest BCUT2D eigenvalue weighted by Crippen LogP contribution is 2.21. The molecule has 2 heteroatoms. The summed E-state index contributed by atoms with van der Waals surface area (Å²) in [7, 11) is 0. The zero-order valence-electron chi connectivity index (χ0n) is 4.66. The molecule has 0 radical (unpaired) electrons. The van der Waals surface area contributed by atoms with Crippen LogP contribution in [-0.2, 0) is 0 Å². The van der Waals surface area contributed by atoms with Gasteiger partial charge in [-0.15, -0.1) is 0 Å². The van der Waals surface area contributed by atoms with Gasteiger partial charge in [-0.25, -0.2) is 4.39 Å². The van der Waals surface area contributed by atoms with Gasteiger partial charge in [0.25, 0.3) is 0 Å². The van der Waals surface area contributed by atoms with Crippen molar-refractivity contribution in [3.63, 3.8) is 0 Å². The van der Waals surface area contributed by atoms with Crippen LogP contribution in [0.1, 0.15) is 13.8 Å². The SMILES string of the molecule is CC1NCC1(C)F. The van der Waals surface area contributed by atoms with Crippen molar-refractivity contribution < 1.29 is 4.39 Å². The van der Waals surface area contributed by atoms with Crippen LogP contribution in [0.25, 0.3) is 0 Å². The Morgan fingerprint density at radius 3 is 2.29 bits per heavy atom. The average Bonchev–Trinajstić information content (AvgIpc) is 1.63. The second kappa shape index (κ2) is 1.19. The van der Waals surface area contributed by atoms with Crippen LogP contribution in [0.5, 0.6) is 0 Å². The van der Waals surface area contributed by atoms with Crippen LogP contribution in [0.3, 0.4) is 0 Å². The summed E-state index contributed by atoms with van der Waals surface area (Å²) in [6.07, 6.45) is 0. The molecule has 1 aliphatic rings. The molecule has 0 spiro atoms. The lowest BCUT2D eigenvalue weighted by Gasteiger charge is -2.39. The van der Waals surface area contributed by atoms with Crippen LogP contribution in [0.4, 0.5) is 4.39 Å². The van der Waals surface area contributed by atoms with Gasteiger partial charge in [0.15, 0.2) is 0 Å². The van der Waals surface area contributed by atoms with Gasteiger partial charge in [-0.1, -0.05) is 0 Å². The number of hydrogen-bond acceptors (Lipinski definition) is 1. The van der Waals surface area contributed by atoms with Gasteiger partial charge in [-0.2, -0.15) is 0 Å². The molecule has 0 aromatic carbocycles. The Bertz CT molecular complexity index is 80.1. The van der Waals surface area contributed by atoms with E-state index in [0.29, 0.717) is 6.54 Å². The van der Waals surface area contributed by atoms with E-state index >= 15 is 0 Å². The molecule has 42 valence electrons. The highest BCUT2D eigenvalue weighted by Gasteiger charge is 2.39. The van der Waals surface area contributed by atoms with Crippen LogP contribution in [-0.4, -0.2) is 18.3 Å². The number of halogens is 1. The molecule has 0 aromatic rings. The minimum Gasteiger partial charge on any atom is -0.308 e. The molecule has 0 saturated carbocycles. The van der Waals surface area contributed by atoms with Crippen LogP contribution < -0.4 is 5.32 Å². The molecule has 0 bridgehead atoms. The average molecular weight is 103 g/mol. The van der Waals surface area contributed by atoms with Crippen molar-refractivity contribution in [1.29, 1.82) is 0 Å². The van der Waals surface area contributed by atoms with E-state index in [1.165, 1.54) is 0 Å². The minimum absolute atomic E-state index is 0.0625. The topological polar surface area (TPSA) is 12.0 Å². The number of hydrogen-bond donors (Lipinski definition) is 1. The van der Waals surface area contributed by atoms with Crippen LogP contribution in [0, 0.1) is 0 Å². The predicted octanol–water partition coefficient (Wildman–Crippen LogP) is 0.706. The summed E-state index contributed by atoms with van der Waals surface area (Å²) in [5, 5.41) is 2.92. The monoisotopic (exact) mass is 103 g/mol. The summed E-state index contributed by atoms with van der Waals surface area (Å²) in [4.78, 5) is 0. The molecule has 1 N–H and O–H groups in total. The van der Waals surface area contributed by atoms with E-state index in [1.54, 1.807) is 6.92 Å². The maximum Gasteiger partial charge on any atom is 0.135 e. The third-order valence-corrected chi connectivity index (χ3v) is 1.66. The Morgan fingerprint density at radius 2 is 2.29 bits per heavy atom. The summed E-state index contributed by atoms with van der Waals surface area (Å²) < 4.78 is 12.5. The molecular weight excluding hydrogens is 93.1 g/mol. The molecule has 0 aliphatic carbocycles. The van der Waals surface area contributed by atoms with Crippen LogP contribution in [0.15, 0.2) is 0 Å². The number of alkyl halides is 1. The summed E-state index contributed by atoms with van der Waals surface area (Å²) in [6.45, 7) is 3.99. The van der Waals surface area contributed by atoms with Gasteiger partial charge in [0.2, 0.25) is 0 Å². The fourth-order valence-electron chi connectivity index (χ4n) is 0.587. The zero-order valence-corrected chi connectivity index (χ0v) is 4.66. The molecule has 2 unspecified atom stereocenters. The summed E-state index contributed by atoms with van der Waals surface area (Å²) in [5.41, 5.74) is -0.931. The van der Waals surface area contributed by atoms with Crippen molar-refractivity contribution >= 4 is 0 Å². The molecule has 1 fully saturated rings. The van der Waals surface area contributed by atoms with Gasteiger partial charge in [-0.3, -0.25) is 0 Å². The molecule has 1 rings (SSSR count). The summed E-state index contributed by atoms with van der Waals surface area (Å²) in [6, 6.07) is 0.0625. The fraction of sp³-hybridized carbons (Fsp3) is 1.00. The first kappa shape index (κ1) is 5.04. The first-order valence-electron chi connectivity index (χ1n) is 2.55. The number of rotatable bonds is 0. The van der Waals surface area contributed by atoms with Crippen LogP contribution in [0.2, 0.25) is 0 Å². The first-order valence-corrected chi connectivity index (χ1v) is 2.55. The van der Waals surface area contributed by atoms with Crippen molar-refractivity contribution in [1.82, 2.24) is 5.32 Å². The zero-order chi connectivity index (χ0) is 5.49. The van der Waals surface area contributed by atoms with Gasteiger partial charge in [0.1, 0.15) is 5.67 Å². The second-order valence-electron chi connectivity index (χ2n) is 2.38. The Morgan fingerprint density at radius 1 is 1.86 bits per heavy atom. The van der Waals surface area contributed by atoms with E-state index in [2.05, 4.69) is 5.32 Å². The highest BCUT2D eigenvalue weighted by atomic mass is 19.1. The maximum absolute atomic E-state index is 12.5. The highest BCUT2D eigenvalue weighted by molar-refractivity contribution is 4.96. The molecular formula is C5H10FN. The van der Waals surface area contributed by atoms with Crippen molar-refractivity contribution in [2.45, 2.75) is 25.6 Å². The third kappa shape index (κ3) is 0.630. The van der Waals surface area contributed by atoms with Crippen molar-refractivity contribution in [3.05, 3.63) is 0 Å². The van der Waals surface area contributed by atoms with Gasteiger partial charge in [-0.05, 0) is 13.8 Å². The van der Waals surface area contributed by atoms with Crippen molar-refractivity contribution in [2.75, 3.05) is 6.54 Å². The molecule has 1 saturated heterocycles. The minimum atomic E-state index is -0.931. The van der Waals surface area contributed by atoms with Crippen molar-refractivity contribution in [3.8, 4) is 0 Å². The fourth-order valence-corrected chi connectivity index (χ4v) is 0.587. The molecule has 2 atom stereocenters. The standard InChI is InChI=1S/C5H10FN/c1-4-5(2,6)3-7-4/h4,7H,3H2,1-2H3. The van der Waals surface area contributed by atoms with E-state index in [4.69, 9.17) is 0 Å². The summed E-state index contributed by atoms with van der Waals surface area (Å²) >= 11 is 0. The quantitative estimate of drug-likeness (QED) is 0.476. The Hall–Kier alpha value is -0.110. The van der Waals surface area contributed by atoms with E-state index in [0.717, 1.165) is 0 Å². The van der Waals surface area contributed by atoms with Gasteiger partial charge in [0, 0.05) is 12.6 Å². The Labute approximate surface area is 42.9 Å². The number of nitrogens with one attached hydrogen (secondary N) is 1. The molecule has 1 heterocycles. The van der Waals surface area contributed by atoms with E-state index in [-0.39, 0.29) is 6.04 Å².